The number of sulfonamides is 1. The Hall–Kier alpha value is -2.70. The average molecular weight is 481 g/mol. The molecule has 0 bridgehead atoms. The second kappa shape index (κ2) is 11.4. The number of amides is 1. The van der Waals surface area contributed by atoms with Crippen molar-refractivity contribution in [3.05, 3.63) is 60.2 Å². The number of nitrogens with one attached hydrogen (secondary N) is 1. The van der Waals surface area contributed by atoms with Gasteiger partial charge in [-0.2, -0.15) is 0 Å². The van der Waals surface area contributed by atoms with Crippen LogP contribution >= 0.6 is 0 Å². The van der Waals surface area contributed by atoms with E-state index in [1.807, 2.05) is 6.07 Å². The van der Waals surface area contributed by atoms with Gasteiger partial charge >= 0.3 is 6.09 Å². The molecule has 1 fully saturated rings. The van der Waals surface area contributed by atoms with Crippen LogP contribution in [0.5, 0.6) is 5.75 Å². The van der Waals surface area contributed by atoms with Gasteiger partial charge in [-0.05, 0) is 43.0 Å². The highest BCUT2D eigenvalue weighted by Gasteiger charge is 2.34. The van der Waals surface area contributed by atoms with E-state index in [-0.39, 0.29) is 17.1 Å². The molecule has 0 spiro atoms. The van der Waals surface area contributed by atoms with E-state index in [0.717, 1.165) is 11.6 Å². The van der Waals surface area contributed by atoms with Crippen LogP contribution in [0.15, 0.2) is 59.5 Å². The first kappa shape index (κ1) is 24.9. The predicted octanol–water partition coefficient (Wildman–Crippen LogP) is 1.73. The van der Waals surface area contributed by atoms with Crippen LogP contribution in [0.2, 0.25) is 0 Å². The second-order valence-electron chi connectivity index (χ2n) is 7.72. The van der Waals surface area contributed by atoms with Gasteiger partial charge in [-0.3, -0.25) is 4.84 Å². The molecule has 180 valence electrons. The lowest BCUT2D eigenvalue weighted by Gasteiger charge is -2.32. The first-order valence-corrected chi connectivity index (χ1v) is 12.0. The first-order valence-electron chi connectivity index (χ1n) is 10.5. The molecule has 0 radical (unpaired) electrons. The maximum Gasteiger partial charge on any atom is 0.404 e. The van der Waals surface area contributed by atoms with Crippen molar-refractivity contribution in [3.8, 4) is 5.75 Å². The SMILES string of the molecule is O=C(O)NC(Cc1ccccc1)C(O)CN(OC1CCOCC1)S(=O)(=O)c1cccc(O)c1. The lowest BCUT2D eigenvalue weighted by molar-refractivity contribution is -0.170. The van der Waals surface area contributed by atoms with Crippen LogP contribution in [-0.2, 0) is 26.0 Å². The smallest absolute Gasteiger partial charge is 0.404 e. The number of ether oxygens (including phenoxy) is 1. The number of carbonyl (C=O) groups is 1. The predicted molar refractivity (Wildman–Crippen MR) is 118 cm³/mol. The lowest BCUT2D eigenvalue weighted by Crippen LogP contribution is -2.51. The summed E-state index contributed by atoms with van der Waals surface area (Å²) in [6, 6.07) is 13.1. The number of hydrogen-bond acceptors (Lipinski definition) is 7. The van der Waals surface area contributed by atoms with Crippen molar-refractivity contribution in [1.29, 1.82) is 0 Å². The molecule has 1 aliphatic rings. The van der Waals surface area contributed by atoms with Crippen LogP contribution in [0.3, 0.4) is 0 Å². The maximum absolute atomic E-state index is 13.3. The van der Waals surface area contributed by atoms with E-state index >= 15 is 0 Å². The van der Waals surface area contributed by atoms with Gasteiger partial charge in [0.15, 0.2) is 0 Å². The van der Waals surface area contributed by atoms with E-state index in [1.165, 1.54) is 18.2 Å². The van der Waals surface area contributed by atoms with Crippen molar-refractivity contribution in [1.82, 2.24) is 9.79 Å². The van der Waals surface area contributed by atoms with Gasteiger partial charge in [-0.15, -0.1) is 0 Å². The van der Waals surface area contributed by atoms with Crippen molar-refractivity contribution in [2.45, 2.75) is 42.4 Å². The summed E-state index contributed by atoms with van der Waals surface area (Å²) in [5.74, 6) is -0.239. The monoisotopic (exact) mass is 480 g/mol. The minimum absolute atomic E-state index is 0.144. The molecule has 1 heterocycles. The third-order valence-corrected chi connectivity index (χ3v) is 6.85. The minimum Gasteiger partial charge on any atom is -0.508 e. The fourth-order valence-electron chi connectivity index (χ4n) is 3.50. The molecule has 2 atom stereocenters. The zero-order chi connectivity index (χ0) is 23.8. The molecule has 11 heteroatoms. The molecule has 3 rings (SSSR count). The van der Waals surface area contributed by atoms with Gasteiger partial charge in [0.25, 0.3) is 10.0 Å². The molecule has 0 aliphatic carbocycles. The Bertz CT molecular complexity index is 1010. The standard InChI is InChI=1S/C22H28N2O8S/c25-17-7-4-8-19(14-17)33(29,30)24(32-18-9-11-31-12-10-18)15-21(26)20(23-22(27)28)13-16-5-2-1-3-6-16/h1-8,14,18,20-21,23,25-26H,9-13,15H2,(H,27,28). The highest BCUT2D eigenvalue weighted by Crippen LogP contribution is 2.24. The number of carboxylic acid groups (broad SMARTS) is 1. The Morgan fingerprint density at radius 1 is 1.15 bits per heavy atom. The summed E-state index contributed by atoms with van der Waals surface area (Å²) in [7, 11) is -4.28. The molecule has 0 saturated carbocycles. The van der Waals surface area contributed by atoms with Crippen LogP contribution < -0.4 is 5.32 Å². The van der Waals surface area contributed by atoms with Crippen LogP contribution in [0.1, 0.15) is 18.4 Å². The van der Waals surface area contributed by atoms with E-state index in [0.29, 0.717) is 30.5 Å². The third-order valence-electron chi connectivity index (χ3n) is 5.23. The molecule has 4 N–H and O–H groups in total. The van der Waals surface area contributed by atoms with Crippen molar-refractivity contribution in [2.24, 2.45) is 0 Å². The molecule has 0 aromatic heterocycles. The molecule has 33 heavy (non-hydrogen) atoms. The van der Waals surface area contributed by atoms with Gasteiger partial charge in [-0.25, -0.2) is 13.2 Å². The van der Waals surface area contributed by atoms with Gasteiger partial charge in [0.05, 0.1) is 29.7 Å². The summed E-state index contributed by atoms with van der Waals surface area (Å²) in [4.78, 5) is 16.9. The minimum atomic E-state index is -4.28. The molecule has 2 unspecified atom stereocenters. The zero-order valence-electron chi connectivity index (χ0n) is 17.9. The number of aliphatic hydroxyl groups excluding tert-OH is 1. The lowest BCUT2D eigenvalue weighted by atomic mass is 10.0. The molecular formula is C22H28N2O8S. The van der Waals surface area contributed by atoms with Crippen LogP contribution in [-0.4, -0.2) is 72.3 Å². The Labute approximate surface area is 192 Å². The van der Waals surface area contributed by atoms with Crippen molar-refractivity contribution >= 4 is 16.1 Å². The summed E-state index contributed by atoms with van der Waals surface area (Å²) in [5, 5.41) is 32.2. The van der Waals surface area contributed by atoms with Crippen LogP contribution in [0.25, 0.3) is 0 Å². The van der Waals surface area contributed by atoms with Gasteiger partial charge in [0.1, 0.15) is 5.75 Å². The van der Waals surface area contributed by atoms with Gasteiger partial charge in [0.2, 0.25) is 0 Å². The normalized spacial score (nSPS) is 16.9. The van der Waals surface area contributed by atoms with E-state index in [4.69, 9.17) is 9.57 Å². The number of aromatic hydroxyl groups is 1. The number of phenols is 1. The van der Waals surface area contributed by atoms with Crippen molar-refractivity contribution in [3.63, 3.8) is 0 Å². The fraction of sp³-hybridized carbons (Fsp3) is 0.409. The van der Waals surface area contributed by atoms with Gasteiger partial charge < -0.3 is 25.4 Å². The summed E-state index contributed by atoms with van der Waals surface area (Å²) in [6.45, 7) is 0.294. The number of nitrogens with zero attached hydrogens (tertiary/aromatic N) is 1. The summed E-state index contributed by atoms with van der Waals surface area (Å²) in [6.07, 6.45) is -2.16. The number of rotatable bonds is 10. The van der Waals surface area contributed by atoms with Crippen molar-refractivity contribution < 1.29 is 38.1 Å². The van der Waals surface area contributed by atoms with E-state index in [9.17, 15) is 28.5 Å². The molecule has 1 aliphatic heterocycles. The molecule has 2 aromatic rings. The summed E-state index contributed by atoms with van der Waals surface area (Å²) < 4.78 is 32.6. The molecular weight excluding hydrogens is 452 g/mol. The van der Waals surface area contributed by atoms with Crippen molar-refractivity contribution in [2.75, 3.05) is 19.8 Å². The molecule has 1 amide bonds. The molecule has 10 nitrogen and oxygen atoms in total. The Morgan fingerprint density at radius 2 is 1.85 bits per heavy atom. The van der Waals surface area contributed by atoms with E-state index in [1.54, 1.807) is 24.3 Å². The van der Waals surface area contributed by atoms with Gasteiger partial charge in [-0.1, -0.05) is 40.9 Å². The number of hydroxylamine groups is 1. The Kier molecular flexibility index (Phi) is 8.64. The summed E-state index contributed by atoms with van der Waals surface area (Å²) in [5.41, 5.74) is 0.767. The Morgan fingerprint density at radius 3 is 2.48 bits per heavy atom. The van der Waals surface area contributed by atoms with Crippen LogP contribution in [0.4, 0.5) is 4.79 Å². The first-order chi connectivity index (χ1) is 15.8. The molecule has 1 saturated heterocycles. The number of benzene rings is 2. The number of phenolic OH excluding ortho intramolecular Hbond substituents is 1. The van der Waals surface area contributed by atoms with E-state index in [2.05, 4.69) is 5.32 Å². The zero-order valence-corrected chi connectivity index (χ0v) is 18.7. The third kappa shape index (κ3) is 7.14. The van der Waals surface area contributed by atoms with E-state index < -0.39 is 40.9 Å². The largest absolute Gasteiger partial charge is 0.508 e. The van der Waals surface area contributed by atoms with Crippen LogP contribution in [0, 0.1) is 0 Å². The highest BCUT2D eigenvalue weighted by atomic mass is 32.2. The molecule has 2 aromatic carbocycles. The summed E-state index contributed by atoms with van der Waals surface area (Å²) >= 11 is 0. The van der Waals surface area contributed by atoms with Gasteiger partial charge in [0, 0.05) is 13.2 Å². The topological polar surface area (TPSA) is 146 Å². The Balaban J connectivity index is 1.85. The number of aliphatic hydroxyl groups is 1. The maximum atomic E-state index is 13.3. The fourth-order valence-corrected chi connectivity index (χ4v) is 4.84. The number of hydrogen-bond donors (Lipinski definition) is 4. The average Bonchev–Trinajstić information content (AvgIpc) is 2.79. The quantitative estimate of drug-likeness (QED) is 0.376. The highest BCUT2D eigenvalue weighted by molar-refractivity contribution is 7.89. The second-order valence-corrected chi connectivity index (χ2v) is 9.55.